The number of hydrogen-bond acceptors (Lipinski definition) is 3. The van der Waals surface area contributed by atoms with Crippen LogP contribution < -0.4 is 4.57 Å². The van der Waals surface area contributed by atoms with Crippen molar-refractivity contribution >= 4 is 22.3 Å². The highest BCUT2D eigenvalue weighted by Gasteiger charge is 2.39. The first-order chi connectivity index (χ1) is 12.4. The van der Waals surface area contributed by atoms with Crippen molar-refractivity contribution in [1.29, 1.82) is 0 Å². The molecule has 0 aliphatic carbocycles. The third-order valence-electron chi connectivity index (χ3n) is 4.79. The number of rotatable bonds is 1. The number of benzene rings is 1. The molecule has 0 unspecified atom stereocenters. The summed E-state index contributed by atoms with van der Waals surface area (Å²) >= 11 is 0. The molecule has 0 fully saturated rings. The molecule has 25 heavy (non-hydrogen) atoms. The lowest BCUT2D eigenvalue weighted by molar-refractivity contribution is -0.645. The van der Waals surface area contributed by atoms with Crippen LogP contribution in [0.15, 0.2) is 71.4 Å². The molecule has 0 atom stereocenters. The average Bonchev–Trinajstić information content (AvgIpc) is 3.29. The standard InChI is InChI=1S/C20H13N4O/c1-2-7-14(8-3-1)24-19-16-13(6-4-10-21-16)12-23(19)18-17-15(25-20(18)24)9-5-11-22-17/h1-11H,12H2/q+1. The minimum atomic E-state index is 0.778. The molecular formula is C20H13N4O+. The smallest absolute Gasteiger partial charge is 0.346 e. The van der Waals surface area contributed by atoms with Gasteiger partial charge in [0.25, 0.3) is 0 Å². The average molecular weight is 325 g/mol. The Morgan fingerprint density at radius 2 is 1.76 bits per heavy atom. The van der Waals surface area contributed by atoms with E-state index in [4.69, 9.17) is 4.42 Å². The summed E-state index contributed by atoms with van der Waals surface area (Å²) in [5.74, 6) is 1.04. The van der Waals surface area contributed by atoms with E-state index < -0.39 is 0 Å². The van der Waals surface area contributed by atoms with Crippen LogP contribution in [0.3, 0.4) is 0 Å². The van der Waals surface area contributed by atoms with Gasteiger partial charge in [-0.2, -0.15) is 4.57 Å². The predicted octanol–water partition coefficient (Wildman–Crippen LogP) is 3.48. The normalized spacial score (nSPS) is 12.6. The van der Waals surface area contributed by atoms with E-state index in [1.165, 1.54) is 5.56 Å². The Bertz CT molecular complexity index is 1270. The van der Waals surface area contributed by atoms with Gasteiger partial charge in [-0.25, -0.2) is 14.5 Å². The van der Waals surface area contributed by atoms with E-state index in [9.17, 15) is 0 Å². The van der Waals surface area contributed by atoms with Crippen LogP contribution in [0.25, 0.3) is 39.5 Å². The number of nitrogens with zero attached hydrogens (tertiary/aromatic N) is 4. The van der Waals surface area contributed by atoms with E-state index in [1.54, 1.807) is 0 Å². The van der Waals surface area contributed by atoms with Gasteiger partial charge in [0, 0.05) is 18.0 Å². The van der Waals surface area contributed by atoms with Crippen molar-refractivity contribution in [1.82, 2.24) is 14.5 Å². The van der Waals surface area contributed by atoms with Crippen molar-refractivity contribution in [3.05, 3.63) is 72.6 Å². The summed E-state index contributed by atoms with van der Waals surface area (Å²) in [6.45, 7) is 0.778. The molecule has 118 valence electrons. The molecule has 1 aliphatic heterocycles. The molecule has 1 aromatic carbocycles. The van der Waals surface area contributed by atoms with E-state index in [1.807, 2.05) is 48.8 Å². The number of furan rings is 1. The van der Waals surface area contributed by atoms with E-state index in [0.29, 0.717) is 0 Å². The first-order valence-electron chi connectivity index (χ1n) is 8.23. The third-order valence-corrected chi connectivity index (χ3v) is 4.79. The predicted molar refractivity (Wildman–Crippen MR) is 93.4 cm³/mol. The molecule has 0 spiro atoms. The van der Waals surface area contributed by atoms with Gasteiger partial charge in [-0.15, -0.1) is 0 Å². The molecule has 5 heterocycles. The van der Waals surface area contributed by atoms with Gasteiger partial charge >= 0.3 is 11.5 Å². The number of para-hydroxylation sites is 1. The maximum atomic E-state index is 6.20. The SMILES string of the molecule is c1ccc(-n2c3[n+](c4c5ncccc5oc42)Cc2cccnc2-3)cc1. The first kappa shape index (κ1) is 12.9. The molecule has 0 amide bonds. The molecule has 1 aliphatic rings. The van der Waals surface area contributed by atoms with Crippen LogP contribution in [0.4, 0.5) is 0 Å². The lowest BCUT2D eigenvalue weighted by Gasteiger charge is -1.99. The quantitative estimate of drug-likeness (QED) is 0.435. The molecule has 0 radical (unpaired) electrons. The zero-order chi connectivity index (χ0) is 16.4. The number of fused-ring (bicyclic) bond motifs is 7. The van der Waals surface area contributed by atoms with E-state index >= 15 is 0 Å². The molecular weight excluding hydrogens is 312 g/mol. The fraction of sp³-hybridized carbons (Fsp3) is 0.0500. The molecule has 0 N–H and O–H groups in total. The molecule has 4 aromatic heterocycles. The summed E-state index contributed by atoms with van der Waals surface area (Å²) < 4.78 is 10.6. The van der Waals surface area contributed by atoms with E-state index in [-0.39, 0.29) is 0 Å². The maximum absolute atomic E-state index is 6.20. The molecule has 5 heteroatoms. The maximum Gasteiger partial charge on any atom is 0.346 e. The number of imidazole rings is 1. The van der Waals surface area contributed by atoms with Gasteiger partial charge in [0.05, 0.1) is 0 Å². The highest BCUT2D eigenvalue weighted by atomic mass is 16.3. The topological polar surface area (TPSA) is 47.7 Å². The van der Waals surface area contributed by atoms with Gasteiger partial charge in [-0.3, -0.25) is 0 Å². The Balaban J connectivity index is 1.83. The van der Waals surface area contributed by atoms with Crippen molar-refractivity contribution < 1.29 is 8.98 Å². The highest BCUT2D eigenvalue weighted by molar-refractivity contribution is 5.98. The Hall–Kier alpha value is -3.47. The second-order valence-corrected chi connectivity index (χ2v) is 6.20. The number of aromatic nitrogens is 4. The summed E-state index contributed by atoms with van der Waals surface area (Å²) in [5, 5.41) is 0. The third kappa shape index (κ3) is 1.59. The van der Waals surface area contributed by atoms with Crippen LogP contribution in [-0.4, -0.2) is 14.5 Å². The summed E-state index contributed by atoms with van der Waals surface area (Å²) in [6, 6.07) is 18.2. The summed E-state index contributed by atoms with van der Waals surface area (Å²) in [5.41, 5.74) is 6.80. The van der Waals surface area contributed by atoms with Crippen LogP contribution >= 0.6 is 0 Å². The van der Waals surface area contributed by atoms with Crippen molar-refractivity contribution in [2.24, 2.45) is 0 Å². The van der Waals surface area contributed by atoms with Crippen LogP contribution in [0, 0.1) is 0 Å². The van der Waals surface area contributed by atoms with Crippen molar-refractivity contribution in [3.8, 4) is 17.2 Å². The van der Waals surface area contributed by atoms with Crippen molar-refractivity contribution in [2.45, 2.75) is 6.54 Å². The lowest BCUT2D eigenvalue weighted by atomic mass is 10.2. The Morgan fingerprint density at radius 3 is 2.68 bits per heavy atom. The monoisotopic (exact) mass is 325 g/mol. The van der Waals surface area contributed by atoms with Gasteiger partial charge in [0.2, 0.25) is 5.52 Å². The summed E-state index contributed by atoms with van der Waals surface area (Å²) in [7, 11) is 0. The number of pyridine rings is 2. The zero-order valence-electron chi connectivity index (χ0n) is 13.3. The minimum absolute atomic E-state index is 0.778. The molecule has 5 nitrogen and oxygen atoms in total. The second kappa shape index (κ2) is 4.54. The van der Waals surface area contributed by atoms with E-state index in [0.717, 1.165) is 46.1 Å². The van der Waals surface area contributed by atoms with Crippen molar-refractivity contribution in [3.63, 3.8) is 0 Å². The highest BCUT2D eigenvalue weighted by Crippen LogP contribution is 2.36. The van der Waals surface area contributed by atoms with Crippen LogP contribution in [-0.2, 0) is 6.54 Å². The fourth-order valence-electron chi connectivity index (χ4n) is 3.76. The van der Waals surface area contributed by atoms with E-state index in [2.05, 4.69) is 37.3 Å². The molecule has 0 bridgehead atoms. The minimum Gasteiger partial charge on any atom is -0.417 e. The van der Waals surface area contributed by atoms with Gasteiger partial charge < -0.3 is 4.42 Å². The molecule has 0 saturated heterocycles. The largest absolute Gasteiger partial charge is 0.417 e. The molecule has 6 rings (SSSR count). The molecule has 0 saturated carbocycles. The first-order valence-corrected chi connectivity index (χ1v) is 8.23. The van der Waals surface area contributed by atoms with Crippen LogP contribution in [0.5, 0.6) is 0 Å². The zero-order valence-corrected chi connectivity index (χ0v) is 13.3. The van der Waals surface area contributed by atoms with Crippen LogP contribution in [0.1, 0.15) is 5.56 Å². The Kier molecular flexibility index (Phi) is 2.34. The van der Waals surface area contributed by atoms with Crippen molar-refractivity contribution in [2.75, 3.05) is 0 Å². The Labute approximate surface area is 142 Å². The van der Waals surface area contributed by atoms with Gasteiger partial charge in [-0.1, -0.05) is 24.3 Å². The lowest BCUT2D eigenvalue weighted by Crippen LogP contribution is -2.31. The fourth-order valence-corrected chi connectivity index (χ4v) is 3.76. The van der Waals surface area contributed by atoms with Gasteiger partial charge in [-0.05, 0) is 30.3 Å². The van der Waals surface area contributed by atoms with Gasteiger partial charge in [0.1, 0.15) is 12.2 Å². The second-order valence-electron chi connectivity index (χ2n) is 6.20. The summed E-state index contributed by atoms with van der Waals surface area (Å²) in [6.07, 6.45) is 3.65. The van der Waals surface area contributed by atoms with Gasteiger partial charge in [0.15, 0.2) is 16.8 Å². The Morgan fingerprint density at radius 1 is 0.920 bits per heavy atom. The number of hydrogen-bond donors (Lipinski definition) is 0. The van der Waals surface area contributed by atoms with Crippen LogP contribution in [0.2, 0.25) is 0 Å². The molecule has 5 aromatic rings. The summed E-state index contributed by atoms with van der Waals surface area (Å²) in [4.78, 5) is 9.21.